The second-order valence-electron chi connectivity index (χ2n) is 5.74. The monoisotopic (exact) mass is 308 g/mol. The second kappa shape index (κ2) is 5.67. The number of carbonyl (C=O) groups excluding carboxylic acids is 1. The molecule has 0 radical (unpaired) electrons. The van der Waals surface area contributed by atoms with Crippen LogP contribution < -0.4 is 10.6 Å². The van der Waals surface area contributed by atoms with Crippen LogP contribution in [0.4, 0.5) is 11.4 Å². The molecule has 2 aliphatic heterocycles. The van der Waals surface area contributed by atoms with Crippen LogP contribution in [0.1, 0.15) is 31.2 Å². The molecule has 2 heterocycles. The zero-order valence-corrected chi connectivity index (χ0v) is 12.7. The average Bonchev–Trinajstić information content (AvgIpc) is 2.46. The van der Waals surface area contributed by atoms with Crippen LogP contribution in [0.3, 0.4) is 0 Å². The van der Waals surface area contributed by atoms with Crippen LogP contribution in [0.5, 0.6) is 0 Å². The lowest BCUT2D eigenvalue weighted by Crippen LogP contribution is -2.39. The van der Waals surface area contributed by atoms with Crippen molar-refractivity contribution in [2.24, 2.45) is 0 Å². The Morgan fingerprint density at radius 1 is 1.24 bits per heavy atom. The van der Waals surface area contributed by atoms with Crippen molar-refractivity contribution < 1.29 is 13.2 Å². The van der Waals surface area contributed by atoms with Crippen LogP contribution in [0, 0.1) is 0 Å². The number of anilines is 2. The van der Waals surface area contributed by atoms with Gasteiger partial charge in [0, 0.05) is 17.9 Å². The first-order valence-corrected chi connectivity index (χ1v) is 9.17. The minimum Gasteiger partial charge on any atom is -0.385 e. The van der Waals surface area contributed by atoms with Gasteiger partial charge in [0.15, 0.2) is 9.84 Å². The van der Waals surface area contributed by atoms with Crippen molar-refractivity contribution in [2.75, 3.05) is 22.9 Å². The molecule has 0 saturated carbocycles. The number of sulfone groups is 1. The van der Waals surface area contributed by atoms with E-state index in [0.29, 0.717) is 18.5 Å². The summed E-state index contributed by atoms with van der Waals surface area (Å²) in [5.74, 6) is -0.266. The number of nitrogens with one attached hydrogen (secondary N) is 2. The first kappa shape index (κ1) is 14.4. The molecule has 114 valence electrons. The van der Waals surface area contributed by atoms with Crippen molar-refractivity contribution in [3.63, 3.8) is 0 Å². The summed E-state index contributed by atoms with van der Waals surface area (Å²) >= 11 is 0. The Morgan fingerprint density at radius 3 is 2.90 bits per heavy atom. The van der Waals surface area contributed by atoms with E-state index in [0.717, 1.165) is 31.5 Å². The Bertz CT molecular complexity index is 655. The van der Waals surface area contributed by atoms with Crippen molar-refractivity contribution in [1.82, 2.24) is 0 Å². The average molecular weight is 308 g/mol. The predicted molar refractivity (Wildman–Crippen MR) is 83.3 cm³/mol. The number of rotatable bonds is 2. The topological polar surface area (TPSA) is 75.3 Å². The lowest BCUT2D eigenvalue weighted by molar-refractivity contribution is -0.116. The van der Waals surface area contributed by atoms with Crippen LogP contribution in [0.15, 0.2) is 18.2 Å². The van der Waals surface area contributed by atoms with E-state index in [4.69, 9.17) is 0 Å². The van der Waals surface area contributed by atoms with Gasteiger partial charge >= 0.3 is 0 Å². The standard InChI is InChI=1S/C15H20N2O3S/c18-15(14-5-1-2-9-21(14,19)20)17-12-6-7-13-11(10-12)4-3-8-16-13/h6-7,10,14,16H,1-5,8-9H2,(H,17,18). The number of carbonyl (C=O) groups is 1. The maximum atomic E-state index is 12.2. The van der Waals surface area contributed by atoms with Crippen LogP contribution >= 0.6 is 0 Å². The third kappa shape index (κ3) is 3.05. The molecular weight excluding hydrogens is 288 g/mol. The highest BCUT2D eigenvalue weighted by atomic mass is 32.2. The van der Waals surface area contributed by atoms with Gasteiger partial charge in [0.05, 0.1) is 5.75 Å². The SMILES string of the molecule is O=C(Nc1ccc2c(c1)CCCN2)C1CCCCS1(=O)=O. The van der Waals surface area contributed by atoms with E-state index < -0.39 is 21.0 Å². The summed E-state index contributed by atoms with van der Waals surface area (Å²) in [5, 5.41) is 5.19. The highest BCUT2D eigenvalue weighted by molar-refractivity contribution is 7.92. The maximum absolute atomic E-state index is 12.2. The summed E-state index contributed by atoms with van der Waals surface area (Å²) < 4.78 is 24.0. The molecule has 1 unspecified atom stereocenters. The number of aryl methyl sites for hydroxylation is 1. The largest absolute Gasteiger partial charge is 0.385 e. The highest BCUT2D eigenvalue weighted by Gasteiger charge is 2.34. The van der Waals surface area contributed by atoms with Gasteiger partial charge < -0.3 is 10.6 Å². The van der Waals surface area contributed by atoms with E-state index in [1.54, 1.807) is 0 Å². The van der Waals surface area contributed by atoms with Gasteiger partial charge in [-0.1, -0.05) is 6.42 Å². The second-order valence-corrected chi connectivity index (χ2v) is 8.05. The van der Waals surface area contributed by atoms with Crippen molar-refractivity contribution in [2.45, 2.75) is 37.4 Å². The summed E-state index contributed by atoms with van der Waals surface area (Å²) in [7, 11) is -3.28. The van der Waals surface area contributed by atoms with Gasteiger partial charge in [-0.3, -0.25) is 4.79 Å². The van der Waals surface area contributed by atoms with Gasteiger partial charge in [0.2, 0.25) is 5.91 Å². The van der Waals surface area contributed by atoms with Crippen LogP contribution in [0.25, 0.3) is 0 Å². The van der Waals surface area contributed by atoms with E-state index in [-0.39, 0.29) is 5.75 Å². The van der Waals surface area contributed by atoms with E-state index >= 15 is 0 Å². The van der Waals surface area contributed by atoms with E-state index in [9.17, 15) is 13.2 Å². The summed E-state index contributed by atoms with van der Waals surface area (Å²) in [6.45, 7) is 0.971. The Labute approximate surface area is 125 Å². The lowest BCUT2D eigenvalue weighted by atomic mass is 10.0. The minimum absolute atomic E-state index is 0.124. The summed E-state index contributed by atoms with van der Waals surface area (Å²) in [4.78, 5) is 12.2. The molecule has 5 nitrogen and oxygen atoms in total. The Morgan fingerprint density at radius 2 is 2.10 bits per heavy atom. The first-order valence-electron chi connectivity index (χ1n) is 7.45. The zero-order valence-electron chi connectivity index (χ0n) is 11.9. The number of amides is 1. The molecule has 1 atom stereocenters. The maximum Gasteiger partial charge on any atom is 0.242 e. The van der Waals surface area contributed by atoms with Crippen molar-refractivity contribution in [3.8, 4) is 0 Å². The molecule has 1 saturated heterocycles. The quantitative estimate of drug-likeness (QED) is 0.875. The van der Waals surface area contributed by atoms with Crippen LogP contribution in [-0.2, 0) is 21.1 Å². The molecule has 1 amide bonds. The molecule has 1 aromatic rings. The van der Waals surface area contributed by atoms with Gasteiger partial charge in [-0.05, 0) is 49.4 Å². The van der Waals surface area contributed by atoms with Gasteiger partial charge in [-0.15, -0.1) is 0 Å². The third-order valence-electron chi connectivity index (χ3n) is 4.18. The fourth-order valence-corrected chi connectivity index (χ4v) is 4.83. The van der Waals surface area contributed by atoms with Gasteiger partial charge in [0.25, 0.3) is 0 Å². The molecule has 2 aliphatic rings. The number of hydrogen-bond acceptors (Lipinski definition) is 4. The Balaban J connectivity index is 1.75. The van der Waals surface area contributed by atoms with Gasteiger partial charge in [-0.25, -0.2) is 8.42 Å². The fraction of sp³-hybridized carbons (Fsp3) is 0.533. The number of fused-ring (bicyclic) bond motifs is 1. The smallest absolute Gasteiger partial charge is 0.242 e. The molecule has 21 heavy (non-hydrogen) atoms. The predicted octanol–water partition coefficient (Wildman–Crippen LogP) is 1.95. The highest BCUT2D eigenvalue weighted by Crippen LogP contribution is 2.26. The minimum atomic E-state index is -3.28. The molecule has 6 heteroatoms. The van der Waals surface area contributed by atoms with E-state index in [1.165, 1.54) is 5.56 Å². The fourth-order valence-electron chi connectivity index (χ4n) is 3.02. The lowest BCUT2D eigenvalue weighted by Gasteiger charge is -2.22. The van der Waals surface area contributed by atoms with Crippen LogP contribution in [-0.4, -0.2) is 31.9 Å². The summed E-state index contributed by atoms with van der Waals surface area (Å²) in [5.41, 5.74) is 2.96. The molecule has 0 spiro atoms. The molecular formula is C15H20N2O3S. The first-order chi connectivity index (χ1) is 10.1. The molecule has 1 fully saturated rings. The molecule has 0 aromatic heterocycles. The summed E-state index contributed by atoms with van der Waals surface area (Å²) in [6, 6.07) is 5.71. The third-order valence-corrected chi connectivity index (χ3v) is 6.36. The van der Waals surface area contributed by atoms with Crippen LogP contribution in [0.2, 0.25) is 0 Å². The Kier molecular flexibility index (Phi) is 3.89. The number of hydrogen-bond donors (Lipinski definition) is 2. The normalized spacial score (nSPS) is 23.7. The summed E-state index contributed by atoms with van der Waals surface area (Å²) in [6.07, 6.45) is 3.94. The van der Waals surface area contributed by atoms with Crippen molar-refractivity contribution in [3.05, 3.63) is 23.8 Å². The molecule has 3 rings (SSSR count). The van der Waals surface area contributed by atoms with Crippen molar-refractivity contribution in [1.29, 1.82) is 0 Å². The van der Waals surface area contributed by atoms with E-state index in [1.807, 2.05) is 18.2 Å². The van der Waals surface area contributed by atoms with Gasteiger partial charge in [0.1, 0.15) is 5.25 Å². The zero-order chi connectivity index (χ0) is 14.9. The molecule has 2 N–H and O–H groups in total. The van der Waals surface area contributed by atoms with E-state index in [2.05, 4.69) is 10.6 Å². The van der Waals surface area contributed by atoms with Crippen molar-refractivity contribution >= 4 is 27.1 Å². The number of benzene rings is 1. The molecule has 0 bridgehead atoms. The Hall–Kier alpha value is -1.56. The molecule has 1 aromatic carbocycles. The van der Waals surface area contributed by atoms with Gasteiger partial charge in [-0.2, -0.15) is 0 Å². The molecule has 0 aliphatic carbocycles.